The van der Waals surface area contributed by atoms with Crippen LogP contribution in [0.1, 0.15) is 65.5 Å². The van der Waals surface area contributed by atoms with Crippen LogP contribution >= 0.6 is 11.8 Å². The summed E-state index contributed by atoms with van der Waals surface area (Å²) in [4.78, 5) is 43.4. The molecule has 0 radical (unpaired) electrons. The standard InChI is InChI=1S/C37H51N5O6S/c1-6-35(4)19-30(36(5)24(2)11-13-37(25(3)34(35)46)14-12-28(43)33(36)37)48-32(45)23-49-29-10-8-7-9-27(29)38-31(44)22-42-21-26(39-40-42)20-41-15-17-47-18-16-41/h6-10,21,24-25,30,33-34,46H,1,11-20,22-23H2,2-5H3,(H,38,44)/t24-,25+,30-,33+,34+,35-,36+,37+/m1/s1. The van der Waals surface area contributed by atoms with Crippen molar-refractivity contribution >= 4 is 35.1 Å². The smallest absolute Gasteiger partial charge is 0.316 e. The topological polar surface area (TPSA) is 136 Å². The number of benzene rings is 1. The zero-order chi connectivity index (χ0) is 35.0. The second-order valence-electron chi connectivity index (χ2n) is 15.2. The van der Waals surface area contributed by atoms with E-state index < -0.39 is 29.0 Å². The molecule has 12 heteroatoms. The Balaban J connectivity index is 1.13. The molecule has 3 aliphatic carbocycles. The summed E-state index contributed by atoms with van der Waals surface area (Å²) in [5.41, 5.74) is -0.194. The third-order valence-corrected chi connectivity index (χ3v) is 13.5. The van der Waals surface area contributed by atoms with Crippen molar-refractivity contribution in [3.05, 3.63) is 48.8 Å². The number of amides is 1. The fourth-order valence-electron chi connectivity index (χ4n) is 9.34. The third kappa shape index (κ3) is 6.86. The summed E-state index contributed by atoms with van der Waals surface area (Å²) in [6, 6.07) is 7.37. The molecule has 3 saturated carbocycles. The predicted octanol–water partition coefficient (Wildman–Crippen LogP) is 4.75. The minimum absolute atomic E-state index is 0.00349. The fraction of sp³-hybridized carbons (Fsp3) is 0.649. The molecule has 2 bridgehead atoms. The summed E-state index contributed by atoms with van der Waals surface area (Å²) in [6.45, 7) is 16.3. The van der Waals surface area contributed by atoms with Gasteiger partial charge in [-0.25, -0.2) is 4.68 Å². The van der Waals surface area contributed by atoms with Gasteiger partial charge in [-0.3, -0.25) is 19.3 Å². The highest BCUT2D eigenvalue weighted by Crippen LogP contribution is 2.68. The molecule has 11 nitrogen and oxygen atoms in total. The van der Waals surface area contributed by atoms with E-state index in [4.69, 9.17) is 9.47 Å². The lowest BCUT2D eigenvalue weighted by Gasteiger charge is -2.61. The summed E-state index contributed by atoms with van der Waals surface area (Å²) >= 11 is 1.30. The van der Waals surface area contributed by atoms with Crippen LogP contribution in [0.15, 0.2) is 48.0 Å². The number of ether oxygens (including phenoxy) is 2. The molecule has 8 atom stereocenters. The largest absolute Gasteiger partial charge is 0.461 e. The van der Waals surface area contributed by atoms with Crippen LogP contribution in [-0.2, 0) is 36.9 Å². The Morgan fingerprint density at radius 1 is 1.20 bits per heavy atom. The first-order valence-electron chi connectivity index (χ1n) is 17.6. The summed E-state index contributed by atoms with van der Waals surface area (Å²) in [5, 5.41) is 23.1. The van der Waals surface area contributed by atoms with Crippen LogP contribution in [0.3, 0.4) is 0 Å². The first-order chi connectivity index (χ1) is 23.4. The Morgan fingerprint density at radius 2 is 1.96 bits per heavy atom. The predicted molar refractivity (Wildman–Crippen MR) is 187 cm³/mol. The van der Waals surface area contributed by atoms with E-state index in [2.05, 4.69) is 47.9 Å². The molecule has 0 unspecified atom stereocenters. The first-order valence-corrected chi connectivity index (χ1v) is 18.6. The van der Waals surface area contributed by atoms with Gasteiger partial charge in [-0.15, -0.1) is 23.4 Å². The Hall–Kier alpha value is -3.06. The second-order valence-corrected chi connectivity index (χ2v) is 16.2. The van der Waals surface area contributed by atoms with Gasteiger partial charge in [0, 0.05) is 47.7 Å². The van der Waals surface area contributed by atoms with Crippen molar-refractivity contribution in [3.8, 4) is 0 Å². The molecule has 4 aliphatic rings. The van der Waals surface area contributed by atoms with Crippen molar-refractivity contribution in [1.82, 2.24) is 19.9 Å². The van der Waals surface area contributed by atoms with E-state index in [1.54, 1.807) is 12.3 Å². The lowest BCUT2D eigenvalue weighted by atomic mass is 9.44. The van der Waals surface area contributed by atoms with Crippen molar-refractivity contribution < 1.29 is 29.0 Å². The number of Topliss-reactive ketones (excluding diaryl/α,β-unsaturated/α-hetero) is 1. The lowest BCUT2D eigenvalue weighted by molar-refractivity contribution is -0.205. The number of nitrogens with zero attached hydrogens (tertiary/aromatic N) is 4. The van der Waals surface area contributed by atoms with E-state index in [1.165, 1.54) is 16.4 Å². The number of carbonyl (C=O) groups is 3. The summed E-state index contributed by atoms with van der Waals surface area (Å²) in [5.74, 6) is -0.593. The zero-order valence-electron chi connectivity index (χ0n) is 29.2. The number of ketones is 1. The molecule has 49 heavy (non-hydrogen) atoms. The summed E-state index contributed by atoms with van der Waals surface area (Å²) in [6.07, 6.45) is 5.77. The number of morpholine rings is 1. The second kappa shape index (κ2) is 14.3. The number of hydrogen-bond donors (Lipinski definition) is 2. The number of nitrogens with one attached hydrogen (secondary N) is 1. The number of aliphatic hydroxyl groups is 1. The first kappa shape index (κ1) is 35.8. The van der Waals surface area contributed by atoms with E-state index in [1.807, 2.05) is 31.2 Å². The quantitative estimate of drug-likeness (QED) is 0.204. The van der Waals surface area contributed by atoms with Gasteiger partial charge in [-0.2, -0.15) is 0 Å². The van der Waals surface area contributed by atoms with Gasteiger partial charge in [0.2, 0.25) is 5.91 Å². The molecule has 1 amide bonds. The van der Waals surface area contributed by atoms with Crippen molar-refractivity contribution in [2.24, 2.45) is 34.0 Å². The van der Waals surface area contributed by atoms with Crippen LogP contribution in [0.2, 0.25) is 0 Å². The maximum absolute atomic E-state index is 13.7. The number of hydrogen-bond acceptors (Lipinski definition) is 10. The van der Waals surface area contributed by atoms with Crippen LogP contribution in [0.5, 0.6) is 0 Å². The number of aromatic nitrogens is 3. The SMILES string of the molecule is C=C[C@]1(C)C[C@@H](OC(=O)CSc2ccccc2NC(=O)Cn2cc(CN3CCOCC3)nn2)[C@]2(C)[C@H](C)CC[C@]3(CCC(=O)[C@H]32)[C@@H](C)[C@@H]1O. The number of para-hydroxylation sites is 1. The molecule has 1 aliphatic heterocycles. The monoisotopic (exact) mass is 693 g/mol. The minimum atomic E-state index is -0.712. The van der Waals surface area contributed by atoms with Gasteiger partial charge in [0.05, 0.1) is 42.6 Å². The molecular weight excluding hydrogens is 643 g/mol. The number of thioether (sulfide) groups is 1. The Kier molecular flexibility index (Phi) is 10.4. The maximum Gasteiger partial charge on any atom is 0.316 e. The number of anilines is 1. The van der Waals surface area contributed by atoms with Crippen molar-refractivity contribution in [1.29, 1.82) is 0 Å². The highest BCUT2D eigenvalue weighted by molar-refractivity contribution is 8.00. The Bertz CT molecular complexity index is 1560. The van der Waals surface area contributed by atoms with E-state index in [0.717, 1.165) is 42.9 Å². The maximum atomic E-state index is 13.7. The third-order valence-electron chi connectivity index (χ3n) is 12.5. The van der Waals surface area contributed by atoms with Gasteiger partial charge in [0.1, 0.15) is 18.4 Å². The molecule has 6 rings (SSSR count). The van der Waals surface area contributed by atoms with E-state index in [0.29, 0.717) is 38.3 Å². The Labute approximate surface area is 293 Å². The number of aliphatic hydroxyl groups excluding tert-OH is 1. The van der Waals surface area contributed by atoms with Crippen molar-refractivity contribution in [2.75, 3.05) is 37.4 Å². The van der Waals surface area contributed by atoms with Crippen LogP contribution in [0.25, 0.3) is 0 Å². The van der Waals surface area contributed by atoms with Gasteiger partial charge >= 0.3 is 5.97 Å². The van der Waals surface area contributed by atoms with Gasteiger partial charge < -0.3 is 19.9 Å². The Morgan fingerprint density at radius 3 is 2.71 bits per heavy atom. The average molecular weight is 694 g/mol. The molecular formula is C37H51N5O6S. The molecule has 2 N–H and O–H groups in total. The normalized spacial score (nSPS) is 34.8. The highest BCUT2D eigenvalue weighted by atomic mass is 32.2. The molecule has 0 spiro atoms. The number of carbonyl (C=O) groups excluding carboxylic acids is 3. The number of esters is 1. The van der Waals surface area contributed by atoms with E-state index in [9.17, 15) is 19.5 Å². The van der Waals surface area contributed by atoms with Gasteiger partial charge in [-0.1, -0.05) is 51.1 Å². The number of rotatable bonds is 10. The fourth-order valence-corrected chi connectivity index (χ4v) is 10.1. The summed E-state index contributed by atoms with van der Waals surface area (Å²) in [7, 11) is 0. The molecule has 1 aromatic carbocycles. The van der Waals surface area contributed by atoms with Crippen LogP contribution in [0.4, 0.5) is 5.69 Å². The van der Waals surface area contributed by atoms with Gasteiger partial charge in [0.25, 0.3) is 0 Å². The highest BCUT2D eigenvalue weighted by Gasteiger charge is 2.68. The average Bonchev–Trinajstić information content (AvgIpc) is 3.68. The zero-order valence-corrected chi connectivity index (χ0v) is 30.0. The summed E-state index contributed by atoms with van der Waals surface area (Å²) < 4.78 is 13.3. The molecule has 4 fully saturated rings. The van der Waals surface area contributed by atoms with E-state index >= 15 is 0 Å². The van der Waals surface area contributed by atoms with E-state index in [-0.39, 0.29) is 47.2 Å². The lowest BCUT2D eigenvalue weighted by Crippen LogP contribution is -2.63. The molecule has 266 valence electrons. The molecule has 1 saturated heterocycles. The van der Waals surface area contributed by atoms with Crippen LogP contribution in [0, 0.1) is 34.0 Å². The van der Waals surface area contributed by atoms with Crippen LogP contribution < -0.4 is 5.32 Å². The minimum Gasteiger partial charge on any atom is -0.461 e. The van der Waals surface area contributed by atoms with Gasteiger partial charge in [-0.05, 0) is 55.1 Å². The van der Waals surface area contributed by atoms with Crippen LogP contribution in [-0.4, -0.2) is 86.9 Å². The molecule has 1 aromatic heterocycles. The van der Waals surface area contributed by atoms with Gasteiger partial charge in [0.15, 0.2) is 0 Å². The van der Waals surface area contributed by atoms with Crippen molar-refractivity contribution in [2.45, 2.75) is 90.0 Å². The molecule has 2 aromatic rings. The molecule has 2 heterocycles. The van der Waals surface area contributed by atoms with Crippen molar-refractivity contribution in [3.63, 3.8) is 0 Å².